The van der Waals surface area contributed by atoms with E-state index in [0.29, 0.717) is 12.3 Å². The molecule has 3 aromatic carbocycles. The highest BCUT2D eigenvalue weighted by molar-refractivity contribution is 6.29. The predicted octanol–water partition coefficient (Wildman–Crippen LogP) is 7.92. The summed E-state index contributed by atoms with van der Waals surface area (Å²) in [5.41, 5.74) is 1.82. The second kappa shape index (κ2) is 15.5. The van der Waals surface area contributed by atoms with E-state index in [9.17, 15) is 4.79 Å². The van der Waals surface area contributed by atoms with Gasteiger partial charge in [-0.25, -0.2) is 0 Å². The van der Waals surface area contributed by atoms with Crippen LogP contribution in [0.2, 0.25) is 0 Å². The van der Waals surface area contributed by atoms with Crippen molar-refractivity contribution in [1.82, 2.24) is 4.90 Å². The van der Waals surface area contributed by atoms with Crippen molar-refractivity contribution in [2.75, 3.05) is 37.5 Å². The Morgan fingerprint density at radius 2 is 1.49 bits per heavy atom. The molecule has 0 N–H and O–H groups in total. The van der Waals surface area contributed by atoms with Crippen molar-refractivity contribution in [1.29, 1.82) is 0 Å². The Balaban J connectivity index is 1.20. The number of halogens is 1. The first-order valence-corrected chi connectivity index (χ1v) is 14.7. The summed E-state index contributed by atoms with van der Waals surface area (Å²) in [7, 11) is 2.25. The van der Waals surface area contributed by atoms with E-state index in [1.807, 2.05) is 78.9 Å². The molecule has 0 saturated heterocycles. The molecule has 1 saturated carbocycles. The molecule has 0 aromatic heterocycles. The maximum absolute atomic E-state index is 12.5. The Morgan fingerprint density at radius 3 is 2.15 bits per heavy atom. The van der Waals surface area contributed by atoms with E-state index >= 15 is 0 Å². The number of amides is 1. The summed E-state index contributed by atoms with van der Waals surface area (Å²) in [5.74, 6) is 2.96. The number of hydrogen-bond acceptors (Lipinski definition) is 4. The van der Waals surface area contributed by atoms with Gasteiger partial charge in [0.15, 0.2) is 0 Å². The van der Waals surface area contributed by atoms with Crippen LogP contribution in [0.25, 0.3) is 0 Å². The van der Waals surface area contributed by atoms with Crippen molar-refractivity contribution < 1.29 is 14.3 Å². The van der Waals surface area contributed by atoms with Crippen LogP contribution in [0.3, 0.4) is 0 Å². The molecule has 1 aliphatic rings. The largest absolute Gasteiger partial charge is 0.494 e. The number of carbonyl (C=O) groups excluding carboxylic acids is 1. The number of nitrogens with zero attached hydrogens (tertiary/aromatic N) is 2. The van der Waals surface area contributed by atoms with Gasteiger partial charge < -0.3 is 19.3 Å². The lowest BCUT2D eigenvalue weighted by atomic mass is 9.89. The Morgan fingerprint density at radius 1 is 0.846 bits per heavy atom. The van der Waals surface area contributed by atoms with E-state index in [2.05, 4.69) is 11.9 Å². The fourth-order valence-electron chi connectivity index (χ4n) is 5.17. The monoisotopic (exact) mass is 548 g/mol. The number of hydrogen-bond donors (Lipinski definition) is 0. The van der Waals surface area contributed by atoms with Gasteiger partial charge in [-0.2, -0.15) is 0 Å². The minimum absolute atomic E-state index is 0.0724. The third-order valence-corrected chi connectivity index (χ3v) is 7.53. The molecule has 4 rings (SSSR count). The molecule has 0 radical (unpaired) electrons. The van der Waals surface area contributed by atoms with Crippen LogP contribution in [0.1, 0.15) is 50.5 Å². The van der Waals surface area contributed by atoms with Gasteiger partial charge in [0, 0.05) is 12.2 Å². The summed E-state index contributed by atoms with van der Waals surface area (Å²) in [4.78, 5) is 16.7. The van der Waals surface area contributed by atoms with Crippen LogP contribution >= 0.6 is 11.6 Å². The van der Waals surface area contributed by atoms with Gasteiger partial charge in [0.25, 0.3) is 0 Å². The van der Waals surface area contributed by atoms with E-state index in [4.69, 9.17) is 21.1 Å². The molecule has 6 heteroatoms. The molecule has 208 valence electrons. The Labute approximate surface area is 238 Å². The van der Waals surface area contributed by atoms with Gasteiger partial charge in [-0.15, -0.1) is 11.6 Å². The summed E-state index contributed by atoms with van der Waals surface area (Å²) in [5, 5.41) is 0. The average Bonchev–Trinajstić information content (AvgIpc) is 2.98. The molecule has 3 aromatic rings. The molecule has 0 aliphatic heterocycles. The molecular formula is C33H41ClN2O3. The maximum Gasteiger partial charge on any atom is 0.242 e. The standard InChI is InChI=1S/C33H41ClN2O3/c1-35(25-27-10-4-2-5-11-27)22-8-9-23-38-30-18-20-32(21-19-30)39-31-16-14-29(15-17-31)36(33(37)24-34)26-28-12-6-3-7-13-28/h3,6-7,12-21,27H,2,4-5,8-11,22-26H2,1H3. The van der Waals surface area contributed by atoms with Gasteiger partial charge in [-0.05, 0) is 99.3 Å². The summed E-state index contributed by atoms with van der Waals surface area (Å²) < 4.78 is 12.0. The summed E-state index contributed by atoms with van der Waals surface area (Å²) in [6.07, 6.45) is 9.25. The van der Waals surface area contributed by atoms with Gasteiger partial charge in [0.05, 0.1) is 13.2 Å². The second-order valence-corrected chi connectivity index (χ2v) is 10.8. The third-order valence-electron chi connectivity index (χ3n) is 7.30. The molecule has 0 spiro atoms. The molecule has 1 amide bonds. The first-order chi connectivity index (χ1) is 19.1. The van der Waals surface area contributed by atoms with Crippen molar-refractivity contribution in [2.45, 2.75) is 51.5 Å². The van der Waals surface area contributed by atoms with Crippen LogP contribution in [0, 0.1) is 5.92 Å². The molecular weight excluding hydrogens is 508 g/mol. The van der Waals surface area contributed by atoms with E-state index in [1.54, 1.807) is 4.90 Å². The van der Waals surface area contributed by atoms with Crippen LogP contribution in [0.4, 0.5) is 5.69 Å². The van der Waals surface area contributed by atoms with Gasteiger partial charge in [0.2, 0.25) is 5.91 Å². The predicted molar refractivity (Wildman–Crippen MR) is 160 cm³/mol. The normalized spacial score (nSPS) is 13.8. The lowest BCUT2D eigenvalue weighted by Crippen LogP contribution is -2.31. The second-order valence-electron chi connectivity index (χ2n) is 10.5. The topological polar surface area (TPSA) is 42.0 Å². The zero-order chi connectivity index (χ0) is 27.3. The average molecular weight is 549 g/mol. The van der Waals surface area contributed by atoms with Gasteiger partial charge in [-0.1, -0.05) is 49.6 Å². The summed E-state index contributed by atoms with van der Waals surface area (Å²) in [6.45, 7) is 3.56. The lowest BCUT2D eigenvalue weighted by molar-refractivity contribution is -0.116. The van der Waals surface area contributed by atoms with E-state index < -0.39 is 0 Å². The quantitative estimate of drug-likeness (QED) is 0.151. The number of unbranched alkanes of at least 4 members (excludes halogenated alkanes) is 1. The Hall–Kier alpha value is -3.02. The number of benzene rings is 3. The number of ether oxygens (including phenoxy) is 2. The number of anilines is 1. The molecule has 39 heavy (non-hydrogen) atoms. The van der Waals surface area contributed by atoms with Crippen molar-refractivity contribution in [3.63, 3.8) is 0 Å². The van der Waals surface area contributed by atoms with Crippen LogP contribution in [-0.2, 0) is 11.3 Å². The van der Waals surface area contributed by atoms with Gasteiger partial charge in [0.1, 0.15) is 23.1 Å². The molecule has 0 unspecified atom stereocenters. The van der Waals surface area contributed by atoms with Crippen LogP contribution in [0.15, 0.2) is 78.9 Å². The zero-order valence-corrected chi connectivity index (χ0v) is 23.8. The highest BCUT2D eigenvalue weighted by Crippen LogP contribution is 2.27. The summed E-state index contributed by atoms with van der Waals surface area (Å²) in [6, 6.07) is 25.1. The van der Waals surface area contributed by atoms with Crippen molar-refractivity contribution in [3.8, 4) is 17.2 Å². The zero-order valence-electron chi connectivity index (χ0n) is 23.1. The lowest BCUT2D eigenvalue weighted by Gasteiger charge is -2.26. The van der Waals surface area contributed by atoms with E-state index in [0.717, 1.165) is 54.7 Å². The van der Waals surface area contributed by atoms with Crippen LogP contribution in [-0.4, -0.2) is 43.4 Å². The molecule has 0 heterocycles. The third kappa shape index (κ3) is 9.59. The number of rotatable bonds is 14. The van der Waals surface area contributed by atoms with E-state index in [-0.39, 0.29) is 11.8 Å². The van der Waals surface area contributed by atoms with Crippen LogP contribution < -0.4 is 14.4 Å². The molecule has 0 atom stereocenters. The fourth-order valence-corrected chi connectivity index (χ4v) is 5.32. The summed E-state index contributed by atoms with van der Waals surface area (Å²) >= 11 is 5.88. The highest BCUT2D eigenvalue weighted by atomic mass is 35.5. The number of carbonyl (C=O) groups is 1. The Kier molecular flexibility index (Phi) is 11.5. The van der Waals surface area contributed by atoms with Gasteiger partial charge >= 0.3 is 0 Å². The van der Waals surface area contributed by atoms with Crippen LogP contribution in [0.5, 0.6) is 17.2 Å². The molecule has 1 aliphatic carbocycles. The number of alkyl halides is 1. The smallest absolute Gasteiger partial charge is 0.242 e. The van der Waals surface area contributed by atoms with Crippen molar-refractivity contribution in [3.05, 3.63) is 84.4 Å². The minimum Gasteiger partial charge on any atom is -0.494 e. The highest BCUT2D eigenvalue weighted by Gasteiger charge is 2.16. The molecule has 1 fully saturated rings. The van der Waals surface area contributed by atoms with Crippen molar-refractivity contribution in [2.24, 2.45) is 5.92 Å². The SMILES string of the molecule is CN(CCCCOc1ccc(Oc2ccc(N(Cc3ccccc3)C(=O)CCl)cc2)cc1)CC1CCCCC1. The first-order valence-electron chi connectivity index (χ1n) is 14.2. The fraction of sp³-hybridized carbons (Fsp3) is 0.424. The van der Waals surface area contributed by atoms with Gasteiger partial charge in [-0.3, -0.25) is 4.79 Å². The first kappa shape index (κ1) is 29.0. The molecule has 0 bridgehead atoms. The minimum atomic E-state index is -0.142. The van der Waals surface area contributed by atoms with Crippen molar-refractivity contribution >= 4 is 23.2 Å². The molecule has 5 nitrogen and oxygen atoms in total. The van der Waals surface area contributed by atoms with E-state index in [1.165, 1.54) is 38.6 Å². The maximum atomic E-state index is 12.5. The Bertz CT molecular complexity index is 1120.